The molecule has 0 radical (unpaired) electrons. The molecule has 3 aromatic rings. The van der Waals surface area contributed by atoms with Gasteiger partial charge in [-0.2, -0.15) is 20.3 Å². The number of halogens is 2. The van der Waals surface area contributed by atoms with Crippen LogP contribution in [0.1, 0.15) is 47.7 Å². The van der Waals surface area contributed by atoms with Gasteiger partial charge in [0.05, 0.1) is 35.9 Å². The van der Waals surface area contributed by atoms with E-state index >= 15 is 0 Å². The molecule has 10 nitrogen and oxygen atoms in total. The zero-order chi connectivity index (χ0) is 27.1. The second-order valence-electron chi connectivity index (χ2n) is 10.8. The number of hydrogen-bond acceptors (Lipinski definition) is 9. The number of likely N-dealkylation sites (N-methyl/N-ethyl adjacent to an activating group) is 1. The Labute approximate surface area is 242 Å². The van der Waals surface area contributed by atoms with Gasteiger partial charge in [-0.05, 0) is 45.0 Å². The van der Waals surface area contributed by atoms with Crippen molar-refractivity contribution in [3.8, 4) is 12.1 Å². The molecule has 39 heavy (non-hydrogen) atoms. The van der Waals surface area contributed by atoms with Crippen molar-refractivity contribution in [3.05, 3.63) is 39.7 Å². The Morgan fingerprint density at radius 2 is 2.18 bits per heavy atom. The summed E-state index contributed by atoms with van der Waals surface area (Å²) in [6.07, 6.45) is 5.26. The minimum atomic E-state index is -0.0454. The van der Waals surface area contributed by atoms with Crippen LogP contribution < -0.4 is 15.0 Å². The van der Waals surface area contributed by atoms with Crippen LogP contribution in [0.4, 0.5) is 5.82 Å². The summed E-state index contributed by atoms with van der Waals surface area (Å²) in [7, 11) is 2.15. The molecule has 0 spiro atoms. The molecular formula is C27H33BrClN9O. The highest BCUT2D eigenvalue weighted by molar-refractivity contribution is 9.07. The zero-order valence-electron chi connectivity index (χ0n) is 22.3. The first-order valence-electron chi connectivity index (χ1n) is 13.6. The molecule has 0 bridgehead atoms. The van der Waals surface area contributed by atoms with Crippen molar-refractivity contribution in [1.29, 1.82) is 5.26 Å². The lowest BCUT2D eigenvalue weighted by Gasteiger charge is -2.38. The first kappa shape index (κ1) is 26.7. The van der Waals surface area contributed by atoms with Gasteiger partial charge in [-0.15, -0.1) is 0 Å². The Hall–Kier alpha value is -2.49. The monoisotopic (exact) mass is 613 g/mol. The lowest BCUT2D eigenvalue weighted by molar-refractivity contribution is 0.186. The molecule has 206 valence electrons. The van der Waals surface area contributed by atoms with Gasteiger partial charge in [0.25, 0.3) is 0 Å². The van der Waals surface area contributed by atoms with Crippen LogP contribution in [0.3, 0.4) is 0 Å². The number of nitriles is 1. The number of aryl methyl sites for hydroxylation is 1. The van der Waals surface area contributed by atoms with E-state index in [1.54, 1.807) is 0 Å². The molecule has 3 aliphatic rings. The number of fused-ring (bicyclic) bond motifs is 2. The van der Waals surface area contributed by atoms with Crippen LogP contribution >= 0.6 is 27.7 Å². The van der Waals surface area contributed by atoms with Gasteiger partial charge < -0.3 is 19.9 Å². The Morgan fingerprint density at radius 3 is 2.97 bits per heavy atom. The summed E-state index contributed by atoms with van der Waals surface area (Å²) in [6.45, 7) is 6.61. The van der Waals surface area contributed by atoms with Gasteiger partial charge in [0.15, 0.2) is 0 Å². The molecule has 0 aliphatic carbocycles. The number of likely N-dealkylation sites (tertiary alicyclic amines) is 1. The largest absolute Gasteiger partial charge is 0.462 e. The van der Waals surface area contributed by atoms with E-state index in [2.05, 4.69) is 58.5 Å². The smallest absolute Gasteiger partial charge is 0.318 e. The predicted octanol–water partition coefficient (Wildman–Crippen LogP) is 3.89. The minimum Gasteiger partial charge on any atom is -0.462 e. The Morgan fingerprint density at radius 1 is 1.31 bits per heavy atom. The summed E-state index contributed by atoms with van der Waals surface area (Å²) in [5, 5.41) is 21.9. The fraction of sp³-hybridized carbons (Fsp3) is 0.556. The molecule has 2 aromatic heterocycles. The van der Waals surface area contributed by atoms with Crippen LogP contribution in [0.15, 0.2) is 12.3 Å². The fourth-order valence-electron chi connectivity index (χ4n) is 6.12. The van der Waals surface area contributed by atoms with Gasteiger partial charge in [0.2, 0.25) is 0 Å². The van der Waals surface area contributed by atoms with Crippen molar-refractivity contribution in [2.45, 2.75) is 57.3 Å². The van der Waals surface area contributed by atoms with Crippen LogP contribution in [0.25, 0.3) is 10.9 Å². The number of H-pyrrole nitrogens is 1. The van der Waals surface area contributed by atoms with E-state index in [1.165, 1.54) is 6.42 Å². The predicted molar refractivity (Wildman–Crippen MR) is 154 cm³/mol. The number of ether oxygens (including phenoxy) is 1. The van der Waals surface area contributed by atoms with Gasteiger partial charge in [0, 0.05) is 82.4 Å². The molecule has 0 saturated carbocycles. The van der Waals surface area contributed by atoms with E-state index in [4.69, 9.17) is 26.3 Å². The van der Waals surface area contributed by atoms with E-state index in [1.807, 2.05) is 19.2 Å². The van der Waals surface area contributed by atoms with E-state index in [0.717, 1.165) is 70.2 Å². The maximum atomic E-state index is 9.29. The standard InChI is InChI=1S/C27H33BrClN9O/c1-16-10-22-19(12-32-35-22)24(25(16)29)23-11-21-20(14-38(23)28)26(37-9-7-31-17(13-37)5-6-30)34-27(33-21)39-15-18-4-3-8-36(18)2/h10,12,17-18,23,31H,3-5,7-9,11,13-15H2,1-2H3,(H,32,35)/t17-,18-,23?/m0/s1. The lowest BCUT2D eigenvalue weighted by atomic mass is 9.92. The van der Waals surface area contributed by atoms with Crippen LogP contribution in [0.2, 0.25) is 5.02 Å². The van der Waals surface area contributed by atoms with E-state index in [9.17, 15) is 5.26 Å². The average Bonchev–Trinajstić information content (AvgIpc) is 3.56. The average molecular weight is 615 g/mol. The number of rotatable bonds is 6. The molecule has 2 saturated heterocycles. The van der Waals surface area contributed by atoms with Gasteiger partial charge in [-0.25, -0.2) is 3.93 Å². The number of benzene rings is 1. The number of aromatic amines is 1. The third-order valence-electron chi connectivity index (χ3n) is 8.29. The molecule has 3 aliphatic heterocycles. The van der Waals surface area contributed by atoms with Crippen LogP contribution in [0, 0.1) is 18.3 Å². The fourth-order valence-corrected chi connectivity index (χ4v) is 7.00. The molecular weight excluding hydrogens is 582 g/mol. The normalized spacial score (nSPS) is 24.2. The molecule has 5 heterocycles. The number of aromatic nitrogens is 4. The third-order valence-corrected chi connectivity index (χ3v) is 9.54. The van der Waals surface area contributed by atoms with Crippen LogP contribution in [-0.2, 0) is 13.0 Å². The van der Waals surface area contributed by atoms with E-state index < -0.39 is 0 Å². The molecule has 3 atom stereocenters. The molecule has 2 fully saturated rings. The first-order valence-corrected chi connectivity index (χ1v) is 14.6. The van der Waals surface area contributed by atoms with Gasteiger partial charge in [-0.3, -0.25) is 5.10 Å². The number of nitrogens with one attached hydrogen (secondary N) is 2. The number of hydrogen-bond donors (Lipinski definition) is 2. The second kappa shape index (κ2) is 11.2. The first-order chi connectivity index (χ1) is 18.9. The van der Waals surface area contributed by atoms with E-state index in [-0.39, 0.29) is 12.1 Å². The highest BCUT2D eigenvalue weighted by atomic mass is 79.9. The molecule has 2 N–H and O–H groups in total. The summed E-state index contributed by atoms with van der Waals surface area (Å²) in [5.74, 6) is 0.894. The second-order valence-corrected chi connectivity index (χ2v) is 12.1. The van der Waals surface area contributed by atoms with Crippen molar-refractivity contribution < 1.29 is 4.74 Å². The SMILES string of the molecule is Cc1cc2[nH]ncc2c(C2Cc3nc(OC[C@@H]4CCCN4C)nc(N4CCN[C@@H](CC#N)C4)c3CN2Br)c1Cl. The number of anilines is 1. The molecule has 12 heteroatoms. The Bertz CT molecular complexity index is 1410. The summed E-state index contributed by atoms with van der Waals surface area (Å²) >= 11 is 10.8. The Kier molecular flexibility index (Phi) is 7.66. The van der Waals surface area contributed by atoms with Crippen molar-refractivity contribution in [2.24, 2.45) is 0 Å². The maximum Gasteiger partial charge on any atom is 0.318 e. The number of piperazine rings is 1. The van der Waals surface area contributed by atoms with Gasteiger partial charge in [0.1, 0.15) is 12.4 Å². The zero-order valence-corrected chi connectivity index (χ0v) is 24.6. The summed E-state index contributed by atoms with van der Waals surface area (Å²) in [5.41, 5.74) is 5.07. The topological polar surface area (TPSA) is 109 Å². The number of nitrogens with zero attached hydrogens (tertiary/aromatic N) is 7. The van der Waals surface area contributed by atoms with Crippen molar-refractivity contribution >= 4 is 44.5 Å². The summed E-state index contributed by atoms with van der Waals surface area (Å²) < 4.78 is 8.43. The van der Waals surface area contributed by atoms with Gasteiger partial charge >= 0.3 is 6.01 Å². The van der Waals surface area contributed by atoms with Crippen LogP contribution in [-0.4, -0.2) is 80.9 Å². The third kappa shape index (κ3) is 5.21. The molecule has 6 rings (SSSR count). The highest BCUT2D eigenvalue weighted by Crippen LogP contribution is 2.44. The van der Waals surface area contributed by atoms with Crippen molar-refractivity contribution in [2.75, 3.05) is 44.7 Å². The molecule has 0 amide bonds. The van der Waals surface area contributed by atoms with Crippen molar-refractivity contribution in [3.63, 3.8) is 0 Å². The summed E-state index contributed by atoms with van der Waals surface area (Å²) in [4.78, 5) is 14.6. The Balaban J connectivity index is 1.38. The lowest BCUT2D eigenvalue weighted by Crippen LogP contribution is -2.51. The molecule has 1 aromatic carbocycles. The van der Waals surface area contributed by atoms with Gasteiger partial charge in [-0.1, -0.05) is 11.6 Å². The minimum absolute atomic E-state index is 0.0454. The highest BCUT2D eigenvalue weighted by Gasteiger charge is 2.35. The summed E-state index contributed by atoms with van der Waals surface area (Å²) in [6, 6.07) is 5.19. The van der Waals surface area contributed by atoms with Crippen molar-refractivity contribution in [1.82, 2.24) is 34.3 Å². The van der Waals surface area contributed by atoms with Crippen LogP contribution in [0.5, 0.6) is 6.01 Å². The molecule has 1 unspecified atom stereocenters. The van der Waals surface area contributed by atoms with E-state index in [0.29, 0.717) is 44.6 Å². The quantitative estimate of drug-likeness (QED) is 0.400. The maximum absolute atomic E-state index is 9.29.